The van der Waals surface area contributed by atoms with Crippen molar-refractivity contribution in [3.63, 3.8) is 0 Å². The quantitative estimate of drug-likeness (QED) is 0.272. The maximum atomic E-state index is 14.1. The fraction of sp³-hybridized carbons (Fsp3) is 0.600. The van der Waals surface area contributed by atoms with Crippen LogP contribution in [0.4, 0.5) is 54.0 Å². The van der Waals surface area contributed by atoms with Crippen LogP contribution in [0.25, 0.3) is 0 Å². The molecular weight excluding hydrogens is 451 g/mol. The summed E-state index contributed by atoms with van der Waals surface area (Å²) in [7, 11) is 0.637. The highest BCUT2D eigenvalue weighted by molar-refractivity contribution is 5.35. The lowest BCUT2D eigenvalue weighted by Crippen LogP contribution is -2.67. The summed E-state index contributed by atoms with van der Waals surface area (Å²) in [4.78, 5) is 9.67. The highest BCUT2D eigenvalue weighted by atomic mass is 19.4. The minimum absolute atomic E-state index is 0.503. The Hall–Kier alpha value is -2.19. The van der Waals surface area contributed by atoms with Gasteiger partial charge in [-0.05, 0) is 24.6 Å². The Morgan fingerprint density at radius 2 is 1.27 bits per heavy atom. The van der Waals surface area contributed by atoms with E-state index in [9.17, 15) is 58.4 Å². The average Bonchev–Trinajstić information content (AvgIpc) is 2.59. The van der Waals surface area contributed by atoms with Crippen molar-refractivity contribution in [1.29, 1.82) is 0 Å². The molecule has 0 saturated carbocycles. The van der Waals surface area contributed by atoms with Crippen LogP contribution in [-0.2, 0) is 10.3 Å². The number of alkyl halides is 11. The van der Waals surface area contributed by atoms with E-state index in [-0.39, 0.29) is 0 Å². The highest BCUT2D eigenvalue weighted by Crippen LogP contribution is 2.59. The van der Waals surface area contributed by atoms with E-state index in [1.807, 2.05) is 0 Å². The summed E-state index contributed by atoms with van der Waals surface area (Å²) in [5, 5.41) is 10.6. The zero-order chi connectivity index (χ0) is 24.0. The van der Waals surface area contributed by atoms with E-state index in [1.165, 1.54) is 0 Å². The molecule has 0 amide bonds. The third-order valence-electron chi connectivity index (χ3n) is 4.30. The maximum Gasteiger partial charge on any atom is 0.460 e. The van der Waals surface area contributed by atoms with Crippen LogP contribution >= 0.6 is 0 Å². The molecule has 0 saturated heterocycles. The summed E-state index contributed by atoms with van der Waals surface area (Å²) in [5.41, 5.74) is -3.71. The minimum atomic E-state index is -7.52. The molecule has 1 rings (SSSR count). The van der Waals surface area contributed by atoms with Gasteiger partial charge in [0.05, 0.1) is 16.9 Å². The largest absolute Gasteiger partial charge is 0.460 e. The summed E-state index contributed by atoms with van der Waals surface area (Å²) < 4.78 is 149. The van der Waals surface area contributed by atoms with Crippen LogP contribution in [0.2, 0.25) is 0 Å². The summed E-state index contributed by atoms with van der Waals surface area (Å²) in [5.74, 6) is -28.3. The van der Waals surface area contributed by atoms with Gasteiger partial charge in [-0.15, -0.1) is 0 Å². The normalized spacial score (nSPS) is 16.3. The smallest absolute Gasteiger partial charge is 0.374 e. The topological polar surface area (TPSA) is 52.4 Å². The van der Waals surface area contributed by atoms with Gasteiger partial charge in [-0.1, -0.05) is 0 Å². The number of hydrogen-bond acceptors (Lipinski definition) is 3. The predicted molar refractivity (Wildman–Crippen MR) is 77.9 cm³/mol. The van der Waals surface area contributed by atoms with Gasteiger partial charge in [-0.25, -0.2) is 0 Å². The summed E-state index contributed by atoms with van der Waals surface area (Å²) in [6.45, 7) is 0.623. The molecule has 0 radical (unpaired) electrons. The molecule has 1 unspecified atom stereocenters. The van der Waals surface area contributed by atoms with Crippen LogP contribution in [0.5, 0.6) is 0 Å². The Morgan fingerprint density at radius 1 is 0.833 bits per heavy atom. The zero-order valence-corrected chi connectivity index (χ0v) is 14.8. The molecule has 0 bridgehead atoms. The van der Waals surface area contributed by atoms with Crippen LogP contribution in [0.15, 0.2) is 24.3 Å². The standard InChI is InChI=1S/C15H12F11NO3/c1-10(30-2,8-3-5-9(6-4-8)27(28)29)7-11(16,17)12(18,19)13(20,21)14(22,23)15(24,25)26/h3-6H,7H2,1-2H3. The van der Waals surface area contributed by atoms with E-state index in [4.69, 9.17) is 0 Å². The van der Waals surface area contributed by atoms with E-state index in [2.05, 4.69) is 4.74 Å². The number of halogens is 11. The first-order valence-electron chi connectivity index (χ1n) is 7.56. The second-order valence-electron chi connectivity index (χ2n) is 6.34. The number of methoxy groups -OCH3 is 1. The minimum Gasteiger partial charge on any atom is -0.374 e. The van der Waals surface area contributed by atoms with E-state index < -0.39 is 58.1 Å². The van der Waals surface area contributed by atoms with Crippen molar-refractivity contribution >= 4 is 5.69 Å². The molecule has 15 heteroatoms. The number of nitro benzene ring substituents is 1. The summed E-state index contributed by atoms with van der Waals surface area (Å²) in [6.07, 6.45) is -9.72. The lowest BCUT2D eigenvalue weighted by Gasteiger charge is -2.40. The Bertz CT molecular complexity index is 777. The van der Waals surface area contributed by atoms with Crippen molar-refractivity contribution in [1.82, 2.24) is 0 Å². The van der Waals surface area contributed by atoms with Crippen molar-refractivity contribution in [2.45, 2.75) is 48.8 Å². The first-order valence-corrected chi connectivity index (χ1v) is 7.56. The summed E-state index contributed by atoms with van der Waals surface area (Å²) in [6, 6.07) is 2.90. The Balaban J connectivity index is 3.41. The van der Waals surface area contributed by atoms with Gasteiger partial charge < -0.3 is 4.74 Å². The number of non-ortho nitro benzene ring substituents is 1. The number of rotatable bonds is 8. The molecule has 30 heavy (non-hydrogen) atoms. The second kappa shape index (κ2) is 7.50. The zero-order valence-electron chi connectivity index (χ0n) is 14.8. The van der Waals surface area contributed by atoms with Gasteiger partial charge in [0.2, 0.25) is 0 Å². The molecular formula is C15H12F11NO3. The molecule has 0 N–H and O–H groups in total. The van der Waals surface area contributed by atoms with Crippen molar-refractivity contribution in [2.75, 3.05) is 7.11 Å². The van der Waals surface area contributed by atoms with Gasteiger partial charge in [-0.3, -0.25) is 10.1 Å². The molecule has 1 atom stereocenters. The molecule has 0 spiro atoms. The number of benzene rings is 1. The Morgan fingerprint density at radius 3 is 1.60 bits per heavy atom. The van der Waals surface area contributed by atoms with Crippen molar-refractivity contribution < 1.29 is 58.0 Å². The molecule has 0 aromatic heterocycles. The first kappa shape index (κ1) is 25.8. The molecule has 172 valence electrons. The fourth-order valence-corrected chi connectivity index (χ4v) is 2.37. The van der Waals surface area contributed by atoms with Crippen molar-refractivity contribution in [3.05, 3.63) is 39.9 Å². The summed E-state index contributed by atoms with van der Waals surface area (Å²) >= 11 is 0. The van der Waals surface area contributed by atoms with Gasteiger partial charge in [0, 0.05) is 19.2 Å². The highest BCUT2D eigenvalue weighted by Gasteiger charge is 2.87. The molecule has 1 aromatic carbocycles. The lowest BCUT2D eigenvalue weighted by molar-refractivity contribution is -0.424. The van der Waals surface area contributed by atoms with Gasteiger partial charge in [0.25, 0.3) is 5.69 Å². The van der Waals surface area contributed by atoms with E-state index in [1.54, 1.807) is 0 Å². The van der Waals surface area contributed by atoms with E-state index in [0.29, 0.717) is 14.0 Å². The van der Waals surface area contributed by atoms with Crippen molar-refractivity contribution in [3.8, 4) is 0 Å². The Labute approximate surface area is 160 Å². The number of ether oxygens (including phenoxy) is 1. The Kier molecular flexibility index (Phi) is 6.46. The van der Waals surface area contributed by atoms with Gasteiger partial charge >= 0.3 is 29.9 Å². The van der Waals surface area contributed by atoms with E-state index >= 15 is 0 Å². The third kappa shape index (κ3) is 4.03. The molecule has 1 aromatic rings. The number of hydrogen-bond donors (Lipinski definition) is 0. The van der Waals surface area contributed by atoms with Gasteiger partial charge in [-0.2, -0.15) is 48.3 Å². The molecule has 0 heterocycles. The third-order valence-corrected chi connectivity index (χ3v) is 4.30. The SMILES string of the molecule is COC(C)(CC(F)(F)C(F)(F)C(F)(F)C(F)(F)C(F)(F)F)c1ccc([N+](=O)[O-])cc1. The van der Waals surface area contributed by atoms with E-state index in [0.717, 1.165) is 24.3 Å². The second-order valence-corrected chi connectivity index (χ2v) is 6.34. The number of nitro groups is 1. The van der Waals surface area contributed by atoms with Gasteiger partial charge in [0.1, 0.15) is 0 Å². The lowest BCUT2D eigenvalue weighted by atomic mass is 9.85. The van der Waals surface area contributed by atoms with Crippen LogP contribution in [-0.4, -0.2) is 41.9 Å². The number of nitrogens with zero attached hydrogens (tertiary/aromatic N) is 1. The van der Waals surface area contributed by atoms with Crippen LogP contribution < -0.4 is 0 Å². The van der Waals surface area contributed by atoms with Gasteiger partial charge in [0.15, 0.2) is 0 Å². The maximum absolute atomic E-state index is 14.1. The predicted octanol–water partition coefficient (Wildman–Crippen LogP) is 5.95. The molecule has 0 aliphatic carbocycles. The van der Waals surface area contributed by atoms with Crippen molar-refractivity contribution in [2.24, 2.45) is 0 Å². The van der Waals surface area contributed by atoms with Crippen LogP contribution in [0.1, 0.15) is 18.9 Å². The monoisotopic (exact) mass is 463 g/mol. The molecule has 0 fully saturated rings. The fourth-order valence-electron chi connectivity index (χ4n) is 2.37. The van der Waals surface area contributed by atoms with Crippen LogP contribution in [0.3, 0.4) is 0 Å². The molecule has 4 nitrogen and oxygen atoms in total. The average molecular weight is 463 g/mol. The van der Waals surface area contributed by atoms with Crippen LogP contribution in [0, 0.1) is 10.1 Å². The first-order chi connectivity index (χ1) is 13.2. The molecule has 0 aliphatic heterocycles. The molecule has 0 aliphatic rings.